The van der Waals surface area contributed by atoms with Gasteiger partial charge in [0.15, 0.2) is 11.5 Å². The van der Waals surface area contributed by atoms with Crippen LogP contribution in [0.25, 0.3) is 11.2 Å². The van der Waals surface area contributed by atoms with E-state index in [1.54, 1.807) is 31.7 Å². The summed E-state index contributed by atoms with van der Waals surface area (Å²) in [6.07, 6.45) is 4.17. The molecule has 3 aromatic heterocycles. The number of imidazole rings is 1. The number of hydrogen-bond acceptors (Lipinski definition) is 11. The molecule has 0 fully saturated rings. The number of anilines is 1. The Hall–Kier alpha value is -3.48. The van der Waals surface area contributed by atoms with E-state index in [2.05, 4.69) is 35.1 Å². The van der Waals surface area contributed by atoms with Gasteiger partial charge < -0.3 is 19.8 Å². The lowest BCUT2D eigenvalue weighted by atomic mass is 10.1. The van der Waals surface area contributed by atoms with Crippen LogP contribution in [0.5, 0.6) is 0 Å². The summed E-state index contributed by atoms with van der Waals surface area (Å²) in [6, 6.07) is 1.37. The van der Waals surface area contributed by atoms with Crippen LogP contribution < -0.4 is 15.9 Å². The third kappa shape index (κ3) is 6.80. The number of fused-ring (bicyclic) bond motifs is 1. The maximum Gasteiger partial charge on any atom is 0.326 e. The Morgan fingerprint density at radius 1 is 1.17 bits per heavy atom. The zero-order valence-corrected chi connectivity index (χ0v) is 21.6. The quantitative estimate of drug-likeness (QED) is 0.245. The molecule has 4 N–H and O–H groups in total. The fourth-order valence-corrected chi connectivity index (χ4v) is 5.28. The summed E-state index contributed by atoms with van der Waals surface area (Å²) in [5, 5.41) is 5.20. The first-order valence-corrected chi connectivity index (χ1v) is 13.0. The Morgan fingerprint density at radius 3 is 2.58 bits per heavy atom. The second-order valence-electron chi connectivity index (χ2n) is 8.90. The summed E-state index contributed by atoms with van der Waals surface area (Å²) >= 11 is 0. The van der Waals surface area contributed by atoms with E-state index in [1.807, 2.05) is 0 Å². The normalized spacial score (nSPS) is 14.4. The number of amides is 1. The lowest BCUT2D eigenvalue weighted by molar-refractivity contribution is -0.153. The third-order valence-corrected chi connectivity index (χ3v) is 6.83. The van der Waals surface area contributed by atoms with Gasteiger partial charge in [0, 0.05) is 6.20 Å². The van der Waals surface area contributed by atoms with Gasteiger partial charge in [-0.2, -0.15) is 0 Å². The van der Waals surface area contributed by atoms with Crippen molar-refractivity contribution in [3.8, 4) is 0 Å². The Balaban J connectivity index is 1.76. The van der Waals surface area contributed by atoms with Gasteiger partial charge in [-0.1, -0.05) is 0 Å². The van der Waals surface area contributed by atoms with Gasteiger partial charge in [0.05, 0.1) is 25.1 Å². The van der Waals surface area contributed by atoms with E-state index in [0.717, 1.165) is 0 Å². The van der Waals surface area contributed by atoms with Crippen molar-refractivity contribution in [1.82, 2.24) is 39.7 Å². The fourth-order valence-electron chi connectivity index (χ4n) is 3.19. The highest BCUT2D eigenvalue weighted by atomic mass is 31.2. The van der Waals surface area contributed by atoms with E-state index < -0.39 is 37.3 Å². The van der Waals surface area contributed by atoms with Crippen molar-refractivity contribution in [2.24, 2.45) is 0 Å². The number of esters is 1. The van der Waals surface area contributed by atoms with Crippen LogP contribution in [0.2, 0.25) is 0 Å². The molecule has 0 saturated carbocycles. The van der Waals surface area contributed by atoms with E-state index in [9.17, 15) is 14.2 Å². The molecule has 36 heavy (non-hydrogen) atoms. The maximum atomic E-state index is 13.9. The Labute approximate surface area is 207 Å². The number of hydrogen-bond donors (Lipinski definition) is 3. The molecule has 194 valence electrons. The number of carbonyl (C=O) groups is 2. The summed E-state index contributed by atoms with van der Waals surface area (Å²) in [4.78, 5) is 45.3. The summed E-state index contributed by atoms with van der Waals surface area (Å²) in [7, 11) is -3.86. The highest BCUT2D eigenvalue weighted by molar-refractivity contribution is 7.60. The van der Waals surface area contributed by atoms with Crippen LogP contribution in [0.4, 0.5) is 5.82 Å². The van der Waals surface area contributed by atoms with Crippen LogP contribution in [-0.4, -0.2) is 65.5 Å². The number of rotatable bonds is 11. The number of aromatic nitrogens is 6. The first-order valence-electron chi connectivity index (χ1n) is 11.1. The van der Waals surface area contributed by atoms with Gasteiger partial charge in [0.1, 0.15) is 35.8 Å². The summed E-state index contributed by atoms with van der Waals surface area (Å²) in [6.45, 7) is 8.47. The highest BCUT2D eigenvalue weighted by Crippen LogP contribution is 2.40. The molecule has 2 atom stereocenters. The smallest absolute Gasteiger partial charge is 0.326 e. The van der Waals surface area contributed by atoms with Gasteiger partial charge >= 0.3 is 5.97 Å². The third-order valence-electron chi connectivity index (χ3n) is 4.83. The second kappa shape index (κ2) is 11.1. The van der Waals surface area contributed by atoms with Gasteiger partial charge in [0.2, 0.25) is 0 Å². The number of nitrogen functional groups attached to an aromatic ring is 1. The van der Waals surface area contributed by atoms with Crippen molar-refractivity contribution in [1.29, 1.82) is 0 Å². The molecule has 0 unspecified atom stereocenters. The molecule has 0 spiro atoms. The van der Waals surface area contributed by atoms with E-state index in [-0.39, 0.29) is 17.6 Å². The number of ether oxygens (including phenoxy) is 2. The van der Waals surface area contributed by atoms with Gasteiger partial charge in [0.25, 0.3) is 13.4 Å². The van der Waals surface area contributed by atoms with Crippen LogP contribution in [0, 0.1) is 0 Å². The lowest BCUT2D eigenvalue weighted by Crippen LogP contribution is -2.49. The zero-order valence-electron chi connectivity index (χ0n) is 20.7. The van der Waals surface area contributed by atoms with Crippen LogP contribution in [-0.2, 0) is 25.4 Å². The van der Waals surface area contributed by atoms with Crippen LogP contribution in [0.1, 0.15) is 45.1 Å². The average molecular weight is 520 g/mol. The molecule has 0 radical (unpaired) electrons. The number of carbonyl (C=O) groups excluding carboxylic acids is 2. The van der Waals surface area contributed by atoms with Gasteiger partial charge in [-0.15, -0.1) is 0 Å². The minimum absolute atomic E-state index is 0.00444. The van der Waals surface area contributed by atoms with Crippen molar-refractivity contribution >= 4 is 36.3 Å². The predicted octanol–water partition coefficient (Wildman–Crippen LogP) is 1.50. The average Bonchev–Trinajstić information content (AvgIpc) is 3.21. The molecule has 0 bridgehead atoms. The maximum absolute atomic E-state index is 13.9. The molecule has 15 heteroatoms. The molecule has 3 aromatic rings. The molecule has 3 heterocycles. The molecule has 0 saturated heterocycles. The number of nitrogens with one attached hydrogen (secondary N) is 2. The van der Waals surface area contributed by atoms with Gasteiger partial charge in [-0.05, 0) is 40.7 Å². The van der Waals surface area contributed by atoms with Crippen LogP contribution in [0.15, 0.2) is 31.2 Å². The molecule has 0 aliphatic carbocycles. The zero-order chi connectivity index (χ0) is 26.5. The predicted molar refractivity (Wildman–Crippen MR) is 131 cm³/mol. The second-order valence-corrected chi connectivity index (χ2v) is 11.1. The van der Waals surface area contributed by atoms with Crippen molar-refractivity contribution in [2.75, 3.05) is 12.1 Å². The minimum Gasteiger partial charge on any atom is -0.462 e. The van der Waals surface area contributed by atoms with Crippen LogP contribution >= 0.6 is 7.44 Å². The Kier molecular flexibility index (Phi) is 8.33. The largest absolute Gasteiger partial charge is 0.462 e. The molecular formula is C21H30N9O5P. The van der Waals surface area contributed by atoms with Crippen LogP contribution in [0.3, 0.4) is 0 Å². The minimum atomic E-state index is -3.86. The highest BCUT2D eigenvalue weighted by Gasteiger charge is 2.39. The number of nitrogens with two attached hydrogens (primary N) is 1. The van der Waals surface area contributed by atoms with Crippen molar-refractivity contribution in [3.63, 3.8) is 0 Å². The van der Waals surface area contributed by atoms with Crippen molar-refractivity contribution in [2.45, 2.75) is 58.9 Å². The van der Waals surface area contributed by atoms with E-state index in [0.29, 0.717) is 17.7 Å². The Bertz CT molecular complexity index is 1270. The summed E-state index contributed by atoms with van der Waals surface area (Å²) in [5.74, 6) is -1.10. The molecule has 0 aliphatic heterocycles. The van der Waals surface area contributed by atoms with Crippen molar-refractivity contribution in [3.05, 3.63) is 36.9 Å². The fraction of sp³-hybridized carbons (Fsp3) is 0.476. The van der Waals surface area contributed by atoms with Gasteiger partial charge in [-0.3, -0.25) is 19.2 Å². The Morgan fingerprint density at radius 2 is 1.92 bits per heavy atom. The number of nitrogens with zero attached hydrogens (tertiary/aromatic N) is 6. The van der Waals surface area contributed by atoms with Crippen molar-refractivity contribution < 1.29 is 23.6 Å². The standard InChI is InChI=1S/C21H30N9O5P/c1-13(2)35-20(32)21(4,5)29-36(33,28-19(31)15-6-7-23-9-24-15)12-34-14(3)8-30-11-27-16-17(22)25-10-26-18(16)30/h6-7,9-11,13-14H,8,12H2,1-5H3,(H2,22,25,26)(H2,28,29,31,33)/t14-,36+/m1/s1. The van der Waals surface area contributed by atoms with E-state index in [1.165, 1.54) is 38.8 Å². The topological polar surface area (TPSA) is 189 Å². The molecule has 1 amide bonds. The van der Waals surface area contributed by atoms with E-state index in [4.69, 9.17) is 15.2 Å². The SMILES string of the molecule is CC(C)OC(=O)C(C)(C)N[P@](=O)(CO[C@H](C)Cn1cnc2c(N)ncnc21)NC(=O)c1ccncn1. The monoisotopic (exact) mass is 519 g/mol. The molecule has 14 nitrogen and oxygen atoms in total. The molecule has 3 rings (SSSR count). The van der Waals surface area contributed by atoms with Gasteiger partial charge in [-0.25, -0.2) is 30.0 Å². The molecule has 0 aliphatic rings. The lowest BCUT2D eigenvalue weighted by Gasteiger charge is -2.31. The molecular weight excluding hydrogens is 489 g/mol. The summed E-state index contributed by atoms with van der Waals surface area (Å²) in [5.41, 5.74) is 5.42. The molecule has 0 aromatic carbocycles. The first kappa shape index (κ1) is 27.1. The van der Waals surface area contributed by atoms with E-state index >= 15 is 0 Å². The summed E-state index contributed by atoms with van der Waals surface area (Å²) < 4.78 is 26.7. The first-order chi connectivity index (χ1) is 16.9.